The monoisotopic (exact) mass is 277 g/mol. The van der Waals surface area contributed by atoms with Gasteiger partial charge in [-0.3, -0.25) is 4.79 Å². The zero-order valence-corrected chi connectivity index (χ0v) is 13.1. The molecule has 3 nitrogen and oxygen atoms in total. The predicted octanol–water partition coefficient (Wildman–Crippen LogP) is 3.61. The second kappa shape index (κ2) is 8.05. The number of hydrogen-bond donors (Lipinski definition) is 2. The third-order valence-corrected chi connectivity index (χ3v) is 3.61. The molecule has 0 fully saturated rings. The van der Waals surface area contributed by atoms with E-state index >= 15 is 0 Å². The minimum atomic E-state index is -0.367. The minimum absolute atomic E-state index is 0.202. The van der Waals surface area contributed by atoms with Crippen LogP contribution < -0.4 is 5.32 Å². The van der Waals surface area contributed by atoms with Gasteiger partial charge in [-0.2, -0.15) is 0 Å². The Kier molecular flexibility index (Phi) is 6.73. The van der Waals surface area contributed by atoms with Crippen LogP contribution in [0.15, 0.2) is 18.2 Å². The lowest BCUT2D eigenvalue weighted by Gasteiger charge is -2.20. The van der Waals surface area contributed by atoms with Gasteiger partial charge in [-0.05, 0) is 63.3 Å². The van der Waals surface area contributed by atoms with Gasteiger partial charge in [0.05, 0.1) is 12.1 Å². The summed E-state index contributed by atoms with van der Waals surface area (Å²) in [4.78, 5) is 12.2. The molecule has 2 atom stereocenters. The first-order valence-corrected chi connectivity index (χ1v) is 7.48. The van der Waals surface area contributed by atoms with Crippen molar-refractivity contribution in [1.29, 1.82) is 0 Å². The average Bonchev–Trinajstić information content (AvgIpc) is 2.38. The molecule has 0 amide bonds. The van der Waals surface area contributed by atoms with E-state index in [0.29, 0.717) is 19.3 Å². The first-order chi connectivity index (χ1) is 9.43. The first-order valence-electron chi connectivity index (χ1n) is 7.48. The van der Waals surface area contributed by atoms with Crippen LogP contribution in [0.5, 0.6) is 0 Å². The third-order valence-electron chi connectivity index (χ3n) is 3.61. The van der Waals surface area contributed by atoms with Gasteiger partial charge < -0.3 is 10.4 Å². The molecule has 0 saturated carbocycles. The Balaban J connectivity index is 2.76. The molecule has 0 aliphatic heterocycles. The number of aliphatic hydroxyl groups excluding tert-OH is 1. The highest BCUT2D eigenvalue weighted by Gasteiger charge is 2.18. The number of aryl methyl sites for hydroxylation is 2. The first kappa shape index (κ1) is 16.7. The Hall–Kier alpha value is -1.35. The van der Waals surface area contributed by atoms with Crippen molar-refractivity contribution in [2.24, 2.45) is 0 Å². The van der Waals surface area contributed by atoms with Crippen molar-refractivity contribution in [3.8, 4) is 0 Å². The second-order valence-electron chi connectivity index (χ2n) is 5.64. The molecule has 3 heteroatoms. The number of carbonyl (C=O) groups is 1. The summed E-state index contributed by atoms with van der Waals surface area (Å²) in [6.07, 6.45) is 2.39. The topological polar surface area (TPSA) is 49.3 Å². The van der Waals surface area contributed by atoms with Gasteiger partial charge in [-0.25, -0.2) is 0 Å². The van der Waals surface area contributed by atoms with E-state index < -0.39 is 0 Å². The molecule has 0 spiro atoms. The van der Waals surface area contributed by atoms with E-state index in [2.05, 4.69) is 31.3 Å². The summed E-state index contributed by atoms with van der Waals surface area (Å²) in [7, 11) is 0. The molecule has 0 bridgehead atoms. The number of rotatable bonds is 8. The van der Waals surface area contributed by atoms with Crippen molar-refractivity contribution < 1.29 is 9.90 Å². The van der Waals surface area contributed by atoms with Crippen LogP contribution in [-0.4, -0.2) is 23.0 Å². The number of nitrogens with one attached hydrogen (secondary N) is 1. The van der Waals surface area contributed by atoms with E-state index in [4.69, 9.17) is 0 Å². The van der Waals surface area contributed by atoms with E-state index in [9.17, 15) is 9.90 Å². The van der Waals surface area contributed by atoms with Crippen LogP contribution in [0, 0.1) is 13.8 Å². The van der Waals surface area contributed by atoms with Crippen molar-refractivity contribution >= 4 is 11.5 Å². The Morgan fingerprint density at radius 1 is 1.25 bits per heavy atom. The Labute approximate surface area is 122 Å². The number of hydrogen-bond acceptors (Lipinski definition) is 3. The highest BCUT2D eigenvalue weighted by Crippen LogP contribution is 2.18. The normalized spacial score (nSPS) is 13.8. The van der Waals surface area contributed by atoms with Crippen molar-refractivity contribution in [1.82, 2.24) is 0 Å². The fourth-order valence-corrected chi connectivity index (χ4v) is 2.17. The van der Waals surface area contributed by atoms with Crippen LogP contribution in [0.25, 0.3) is 0 Å². The molecule has 20 heavy (non-hydrogen) atoms. The summed E-state index contributed by atoms with van der Waals surface area (Å²) in [5.74, 6) is 0.228. The van der Waals surface area contributed by atoms with Crippen molar-refractivity contribution in [3.05, 3.63) is 29.3 Å². The number of benzene rings is 1. The molecule has 2 N–H and O–H groups in total. The predicted molar refractivity (Wildman–Crippen MR) is 84.2 cm³/mol. The molecular formula is C17H27NO2. The number of carbonyl (C=O) groups excluding carboxylic acids is 1. The molecule has 0 saturated heterocycles. The molecular weight excluding hydrogens is 250 g/mol. The zero-order chi connectivity index (χ0) is 15.1. The quantitative estimate of drug-likeness (QED) is 0.763. The van der Waals surface area contributed by atoms with E-state index in [-0.39, 0.29) is 17.9 Å². The summed E-state index contributed by atoms with van der Waals surface area (Å²) in [5, 5.41) is 12.7. The smallest absolute Gasteiger partial charge is 0.154 e. The van der Waals surface area contributed by atoms with Gasteiger partial charge in [0.1, 0.15) is 0 Å². The molecule has 0 radical (unpaired) electrons. The lowest BCUT2D eigenvalue weighted by atomic mass is 10.0. The van der Waals surface area contributed by atoms with E-state index in [1.54, 1.807) is 6.92 Å². The molecule has 0 aliphatic rings. The maximum atomic E-state index is 12.2. The molecule has 112 valence electrons. The van der Waals surface area contributed by atoms with Gasteiger partial charge >= 0.3 is 0 Å². The maximum Gasteiger partial charge on any atom is 0.154 e. The Bertz CT molecular complexity index is 441. The SMILES string of the molecule is CCCC(=O)C(CCC(C)O)Nc1ccc(C)c(C)c1. The maximum absolute atomic E-state index is 12.2. The molecule has 0 aliphatic carbocycles. The molecule has 2 unspecified atom stereocenters. The summed E-state index contributed by atoms with van der Waals surface area (Å²) >= 11 is 0. The van der Waals surface area contributed by atoms with Crippen molar-refractivity contribution in [2.75, 3.05) is 5.32 Å². The molecule has 1 aromatic carbocycles. The van der Waals surface area contributed by atoms with E-state index in [0.717, 1.165) is 12.1 Å². The Morgan fingerprint density at radius 2 is 1.95 bits per heavy atom. The molecule has 0 aromatic heterocycles. The minimum Gasteiger partial charge on any atom is -0.393 e. The van der Waals surface area contributed by atoms with Gasteiger partial charge in [0.15, 0.2) is 5.78 Å². The van der Waals surface area contributed by atoms with E-state index in [1.807, 2.05) is 13.0 Å². The molecule has 1 rings (SSSR count). The summed E-state index contributed by atoms with van der Waals surface area (Å²) < 4.78 is 0. The van der Waals surface area contributed by atoms with Gasteiger partial charge in [0.25, 0.3) is 0 Å². The van der Waals surface area contributed by atoms with Gasteiger partial charge in [0, 0.05) is 12.1 Å². The van der Waals surface area contributed by atoms with Gasteiger partial charge in [-0.15, -0.1) is 0 Å². The van der Waals surface area contributed by atoms with Crippen LogP contribution in [0.4, 0.5) is 5.69 Å². The molecule has 1 aromatic rings. The number of Topliss-reactive ketones (excluding diaryl/α,β-unsaturated/α-hetero) is 1. The highest BCUT2D eigenvalue weighted by atomic mass is 16.3. The fourth-order valence-electron chi connectivity index (χ4n) is 2.17. The number of aliphatic hydroxyl groups is 1. The number of anilines is 1. The highest BCUT2D eigenvalue weighted by molar-refractivity contribution is 5.86. The van der Waals surface area contributed by atoms with Crippen LogP contribution >= 0.6 is 0 Å². The average molecular weight is 277 g/mol. The summed E-state index contributed by atoms with van der Waals surface area (Å²) in [5.41, 5.74) is 3.44. The van der Waals surface area contributed by atoms with Gasteiger partial charge in [0.2, 0.25) is 0 Å². The third kappa shape index (κ3) is 5.33. The summed E-state index contributed by atoms with van der Waals surface area (Å²) in [6, 6.07) is 5.95. The van der Waals surface area contributed by atoms with E-state index in [1.165, 1.54) is 11.1 Å². The van der Waals surface area contributed by atoms with Crippen molar-refractivity contribution in [3.63, 3.8) is 0 Å². The van der Waals surface area contributed by atoms with Crippen LogP contribution in [-0.2, 0) is 4.79 Å². The zero-order valence-electron chi connectivity index (χ0n) is 13.1. The summed E-state index contributed by atoms with van der Waals surface area (Å²) in [6.45, 7) is 7.92. The Morgan fingerprint density at radius 3 is 2.50 bits per heavy atom. The lowest BCUT2D eigenvalue weighted by molar-refractivity contribution is -0.120. The van der Waals surface area contributed by atoms with Crippen LogP contribution in [0.1, 0.15) is 50.7 Å². The standard InChI is InChI=1S/C17H27NO2/c1-5-6-17(20)16(10-8-14(4)19)18-15-9-7-12(2)13(3)11-15/h7,9,11,14,16,18-19H,5-6,8,10H2,1-4H3. The number of ketones is 1. The lowest BCUT2D eigenvalue weighted by Crippen LogP contribution is -2.30. The second-order valence-corrected chi connectivity index (χ2v) is 5.64. The van der Waals surface area contributed by atoms with Crippen LogP contribution in [0.3, 0.4) is 0 Å². The van der Waals surface area contributed by atoms with Crippen LogP contribution in [0.2, 0.25) is 0 Å². The fraction of sp³-hybridized carbons (Fsp3) is 0.588. The van der Waals surface area contributed by atoms with Gasteiger partial charge in [-0.1, -0.05) is 13.0 Å². The largest absolute Gasteiger partial charge is 0.393 e. The van der Waals surface area contributed by atoms with Crippen molar-refractivity contribution in [2.45, 2.75) is 65.5 Å². The molecule has 0 heterocycles.